The Bertz CT molecular complexity index is 2110. The van der Waals surface area contributed by atoms with Crippen LogP contribution in [0, 0.1) is 0 Å². The highest BCUT2D eigenvalue weighted by atomic mass is 35.5. The molecule has 0 saturated carbocycles. The first kappa shape index (κ1) is 29.0. The van der Waals surface area contributed by atoms with Crippen LogP contribution in [0.5, 0.6) is 5.75 Å². The molecule has 43 heavy (non-hydrogen) atoms. The van der Waals surface area contributed by atoms with E-state index < -0.39 is 12.0 Å². The van der Waals surface area contributed by atoms with E-state index in [9.17, 15) is 9.59 Å². The third-order valence-electron chi connectivity index (χ3n) is 7.37. The van der Waals surface area contributed by atoms with Crippen LogP contribution in [-0.2, 0) is 16.1 Å². The van der Waals surface area contributed by atoms with Gasteiger partial charge >= 0.3 is 5.97 Å². The summed E-state index contributed by atoms with van der Waals surface area (Å²) < 4.78 is 15.1. The van der Waals surface area contributed by atoms with E-state index in [4.69, 9.17) is 37.7 Å². The summed E-state index contributed by atoms with van der Waals surface area (Å²) in [6, 6.07) is 20.3. The number of para-hydroxylation sites is 1. The second-order valence-electron chi connectivity index (χ2n) is 10.1. The highest BCUT2D eigenvalue weighted by molar-refractivity contribution is 7.07. The van der Waals surface area contributed by atoms with Gasteiger partial charge in [-0.05, 0) is 61.4 Å². The SMILES string of the molecule is CCOC(=O)C1=C(C)N=c2s/c(=C/c3cn(Cc4ccc(Cl)c(Cl)c4)c4ccccc34)c(=O)n2C1c1cccc(OC)c1. The molecule has 10 heteroatoms. The highest BCUT2D eigenvalue weighted by Gasteiger charge is 2.33. The Morgan fingerprint density at radius 1 is 1.07 bits per heavy atom. The Kier molecular flexibility index (Phi) is 8.01. The number of fused-ring (bicyclic) bond motifs is 2. The van der Waals surface area contributed by atoms with E-state index in [1.807, 2.05) is 72.9 Å². The molecule has 7 nitrogen and oxygen atoms in total. The number of esters is 1. The largest absolute Gasteiger partial charge is 0.497 e. The number of methoxy groups -OCH3 is 1. The average molecular weight is 633 g/mol. The molecule has 0 spiro atoms. The number of nitrogens with zero attached hydrogens (tertiary/aromatic N) is 3. The number of carbonyl (C=O) groups excluding carboxylic acids is 1. The summed E-state index contributed by atoms with van der Waals surface area (Å²) in [7, 11) is 1.58. The maximum absolute atomic E-state index is 14.1. The summed E-state index contributed by atoms with van der Waals surface area (Å²) in [5, 5.41) is 2.01. The lowest BCUT2D eigenvalue weighted by molar-refractivity contribution is -0.139. The van der Waals surface area contributed by atoms with Gasteiger partial charge in [-0.15, -0.1) is 0 Å². The van der Waals surface area contributed by atoms with Crippen LogP contribution < -0.4 is 19.6 Å². The molecule has 0 N–H and O–H groups in total. The number of thiazole rings is 1. The van der Waals surface area contributed by atoms with Gasteiger partial charge in [0.1, 0.15) is 5.75 Å². The fourth-order valence-corrected chi connectivity index (χ4v) is 6.77. The van der Waals surface area contributed by atoms with Crippen molar-refractivity contribution in [3.05, 3.63) is 131 Å². The Hall–Kier alpha value is -4.11. The first-order valence-electron chi connectivity index (χ1n) is 13.6. The minimum absolute atomic E-state index is 0.206. The van der Waals surface area contributed by atoms with Gasteiger partial charge in [0.05, 0.1) is 45.6 Å². The predicted molar refractivity (Wildman–Crippen MR) is 171 cm³/mol. The molecule has 3 aromatic carbocycles. The number of rotatable bonds is 7. The zero-order valence-corrected chi connectivity index (χ0v) is 26.0. The van der Waals surface area contributed by atoms with Gasteiger partial charge in [0, 0.05) is 29.2 Å². The molecular formula is C33H27Cl2N3O4S. The summed E-state index contributed by atoms with van der Waals surface area (Å²) in [5.74, 6) is 0.114. The highest BCUT2D eigenvalue weighted by Crippen LogP contribution is 2.32. The van der Waals surface area contributed by atoms with E-state index in [-0.39, 0.29) is 12.2 Å². The smallest absolute Gasteiger partial charge is 0.338 e. The summed E-state index contributed by atoms with van der Waals surface area (Å²) in [6.07, 6.45) is 3.92. The summed E-state index contributed by atoms with van der Waals surface area (Å²) >= 11 is 13.7. The minimum atomic E-state index is -0.719. The third kappa shape index (κ3) is 5.42. The zero-order valence-electron chi connectivity index (χ0n) is 23.6. The lowest BCUT2D eigenvalue weighted by Gasteiger charge is -2.25. The molecule has 0 amide bonds. The van der Waals surface area contributed by atoms with Crippen molar-refractivity contribution in [2.45, 2.75) is 26.4 Å². The van der Waals surface area contributed by atoms with Crippen LogP contribution in [0.2, 0.25) is 10.0 Å². The van der Waals surface area contributed by atoms with Crippen molar-refractivity contribution in [3.8, 4) is 5.75 Å². The van der Waals surface area contributed by atoms with Crippen LogP contribution >= 0.6 is 34.5 Å². The minimum Gasteiger partial charge on any atom is -0.497 e. The first-order valence-corrected chi connectivity index (χ1v) is 15.2. The van der Waals surface area contributed by atoms with Gasteiger partial charge in [-0.3, -0.25) is 9.36 Å². The Labute approximate surface area is 261 Å². The number of benzene rings is 3. The van der Waals surface area contributed by atoms with Crippen LogP contribution in [0.3, 0.4) is 0 Å². The molecule has 6 rings (SSSR count). The number of hydrogen-bond donors (Lipinski definition) is 0. The van der Waals surface area contributed by atoms with E-state index in [1.54, 1.807) is 31.6 Å². The number of halogens is 2. The van der Waals surface area contributed by atoms with E-state index >= 15 is 0 Å². The quantitative estimate of drug-likeness (QED) is 0.203. The fourth-order valence-electron chi connectivity index (χ4n) is 5.42. The maximum Gasteiger partial charge on any atom is 0.338 e. The van der Waals surface area contributed by atoms with E-state index in [2.05, 4.69) is 4.57 Å². The van der Waals surface area contributed by atoms with E-state index in [1.165, 1.54) is 11.3 Å². The molecule has 1 aliphatic heterocycles. The van der Waals surface area contributed by atoms with Gasteiger partial charge < -0.3 is 14.0 Å². The van der Waals surface area contributed by atoms with Crippen molar-refractivity contribution in [2.75, 3.05) is 13.7 Å². The molecule has 2 aromatic heterocycles. The second-order valence-corrected chi connectivity index (χ2v) is 11.9. The Balaban J connectivity index is 1.51. The molecule has 0 fully saturated rings. The summed E-state index contributed by atoms with van der Waals surface area (Å²) in [6.45, 7) is 4.30. The van der Waals surface area contributed by atoms with Crippen molar-refractivity contribution in [1.29, 1.82) is 0 Å². The molecule has 0 saturated heterocycles. The Morgan fingerprint density at radius 2 is 1.88 bits per heavy atom. The van der Waals surface area contributed by atoms with Gasteiger partial charge in [-0.25, -0.2) is 9.79 Å². The lowest BCUT2D eigenvalue weighted by atomic mass is 9.95. The summed E-state index contributed by atoms with van der Waals surface area (Å²) in [4.78, 5) is 32.5. The molecule has 0 radical (unpaired) electrons. The number of allylic oxidation sites excluding steroid dienone is 1. The normalized spacial score (nSPS) is 15.0. The van der Waals surface area contributed by atoms with Crippen molar-refractivity contribution in [3.63, 3.8) is 0 Å². The average Bonchev–Trinajstić information content (AvgIpc) is 3.50. The second kappa shape index (κ2) is 11.9. The molecule has 3 heterocycles. The van der Waals surface area contributed by atoms with Crippen LogP contribution in [0.15, 0.2) is 94.0 Å². The molecule has 0 aliphatic carbocycles. The third-order valence-corrected chi connectivity index (χ3v) is 9.09. The van der Waals surface area contributed by atoms with Crippen LogP contribution in [0.25, 0.3) is 17.0 Å². The molecule has 0 bridgehead atoms. The van der Waals surface area contributed by atoms with Crippen molar-refractivity contribution in [2.24, 2.45) is 4.99 Å². The maximum atomic E-state index is 14.1. The standard InChI is InChI=1S/C33H27Cl2N3O4S/c1-4-42-32(40)29-19(2)36-33-38(30(29)21-8-7-9-23(15-21)41-3)31(39)28(43-33)16-22-18-37(27-11-6-5-10-24(22)27)17-20-12-13-25(34)26(35)14-20/h5-16,18,30H,4,17H2,1-3H3/b28-16+. The number of hydrogen-bond acceptors (Lipinski definition) is 6. The van der Waals surface area contributed by atoms with Gasteiger partial charge in [0.15, 0.2) is 4.80 Å². The van der Waals surface area contributed by atoms with E-state index in [0.29, 0.717) is 42.9 Å². The van der Waals surface area contributed by atoms with E-state index in [0.717, 1.165) is 27.6 Å². The Morgan fingerprint density at radius 3 is 2.65 bits per heavy atom. The van der Waals surface area contributed by atoms with Crippen molar-refractivity contribution in [1.82, 2.24) is 9.13 Å². The number of carbonyl (C=O) groups is 1. The predicted octanol–water partition coefficient (Wildman–Crippen LogP) is 6.12. The first-order chi connectivity index (χ1) is 20.8. The zero-order chi connectivity index (χ0) is 30.2. The topological polar surface area (TPSA) is 74.8 Å². The van der Waals surface area contributed by atoms with Crippen molar-refractivity contribution < 1.29 is 14.3 Å². The van der Waals surface area contributed by atoms with Crippen molar-refractivity contribution >= 4 is 57.5 Å². The van der Waals surface area contributed by atoms with Gasteiger partial charge in [0.2, 0.25) is 0 Å². The molecule has 1 atom stereocenters. The molecule has 218 valence electrons. The number of ether oxygens (including phenoxy) is 2. The van der Waals surface area contributed by atoms with Crippen LogP contribution in [0.4, 0.5) is 0 Å². The lowest BCUT2D eigenvalue weighted by Crippen LogP contribution is -2.39. The molecule has 1 unspecified atom stereocenters. The van der Waals surface area contributed by atoms with Gasteiger partial charge in [0.25, 0.3) is 5.56 Å². The van der Waals surface area contributed by atoms with Crippen LogP contribution in [-0.4, -0.2) is 28.8 Å². The van der Waals surface area contributed by atoms with Crippen LogP contribution in [0.1, 0.15) is 36.6 Å². The molecule has 5 aromatic rings. The number of aromatic nitrogens is 2. The summed E-state index contributed by atoms with van der Waals surface area (Å²) in [5.41, 5.74) is 4.23. The molecule has 1 aliphatic rings. The fraction of sp³-hybridized carbons (Fsp3) is 0.182. The molecular weight excluding hydrogens is 605 g/mol. The van der Waals surface area contributed by atoms with Gasteiger partial charge in [-0.2, -0.15) is 0 Å². The monoisotopic (exact) mass is 631 g/mol. The van der Waals surface area contributed by atoms with Gasteiger partial charge in [-0.1, -0.05) is 70.9 Å².